The van der Waals surface area contributed by atoms with Crippen molar-refractivity contribution in [1.82, 2.24) is 20.6 Å². The van der Waals surface area contributed by atoms with E-state index in [9.17, 15) is 9.59 Å². The van der Waals surface area contributed by atoms with Gasteiger partial charge < -0.3 is 16.0 Å². The number of carbonyl (C=O) groups is 2. The van der Waals surface area contributed by atoms with Gasteiger partial charge in [-0.25, -0.2) is 9.97 Å². The molecule has 0 aliphatic carbocycles. The molecule has 7 nitrogen and oxygen atoms in total. The minimum Gasteiger partial charge on any atom is -0.349 e. The Morgan fingerprint density at radius 3 is 2.19 bits per heavy atom. The maximum absolute atomic E-state index is 12.4. The fraction of sp³-hybridized carbons (Fsp3) is 0.294. The molecule has 0 aliphatic rings. The molecule has 26 heavy (non-hydrogen) atoms. The van der Waals surface area contributed by atoms with Gasteiger partial charge in [-0.15, -0.1) is 12.4 Å². The van der Waals surface area contributed by atoms with Crippen molar-refractivity contribution >= 4 is 41.5 Å². The van der Waals surface area contributed by atoms with Crippen molar-refractivity contribution in [1.29, 1.82) is 0 Å². The molecule has 0 aliphatic heterocycles. The second kappa shape index (κ2) is 11.4. The summed E-state index contributed by atoms with van der Waals surface area (Å²) in [6.07, 6.45) is 3.77. The third kappa shape index (κ3) is 6.59. The van der Waals surface area contributed by atoms with Crippen molar-refractivity contribution in [3.63, 3.8) is 0 Å². The van der Waals surface area contributed by atoms with Crippen LogP contribution in [-0.2, 0) is 0 Å². The van der Waals surface area contributed by atoms with Gasteiger partial charge in [-0.05, 0) is 37.2 Å². The number of rotatable bonds is 8. The fourth-order valence-electron chi connectivity index (χ4n) is 2.04. The maximum atomic E-state index is 12.4. The lowest BCUT2D eigenvalue weighted by molar-refractivity contribution is 0.0933. The van der Waals surface area contributed by atoms with Gasteiger partial charge in [0, 0.05) is 36.2 Å². The van der Waals surface area contributed by atoms with Crippen molar-refractivity contribution in [3.8, 4) is 0 Å². The Morgan fingerprint density at radius 1 is 0.962 bits per heavy atom. The van der Waals surface area contributed by atoms with Crippen LogP contribution in [0.3, 0.4) is 0 Å². The van der Waals surface area contributed by atoms with Gasteiger partial charge in [0.2, 0.25) is 0 Å². The molecule has 1 aromatic heterocycles. The van der Waals surface area contributed by atoms with E-state index in [0.717, 1.165) is 13.0 Å². The fourth-order valence-corrected chi connectivity index (χ4v) is 2.17. The molecule has 2 aromatic rings. The van der Waals surface area contributed by atoms with E-state index < -0.39 is 11.8 Å². The minimum absolute atomic E-state index is 0. The summed E-state index contributed by atoms with van der Waals surface area (Å²) in [5.74, 6) is -0.947. The van der Waals surface area contributed by atoms with Crippen molar-refractivity contribution in [2.24, 2.45) is 0 Å². The van der Waals surface area contributed by atoms with Crippen LogP contribution in [0.4, 0.5) is 5.69 Å². The Bertz CT molecular complexity index is 725. The predicted molar refractivity (Wildman–Crippen MR) is 104 cm³/mol. The van der Waals surface area contributed by atoms with Crippen molar-refractivity contribution < 1.29 is 9.59 Å². The number of carbonyl (C=O) groups excluding carboxylic acids is 2. The molecule has 0 radical (unpaired) electrons. The molecule has 0 bridgehead atoms. The summed E-state index contributed by atoms with van der Waals surface area (Å²) in [5, 5.41) is 9.14. The van der Waals surface area contributed by atoms with Crippen molar-refractivity contribution in [2.75, 3.05) is 25.0 Å². The van der Waals surface area contributed by atoms with E-state index in [0.29, 0.717) is 23.8 Å². The molecule has 0 saturated heterocycles. The second-order valence-corrected chi connectivity index (χ2v) is 5.66. The van der Waals surface area contributed by atoms with Gasteiger partial charge in [-0.1, -0.05) is 18.5 Å². The molecule has 3 N–H and O–H groups in total. The van der Waals surface area contributed by atoms with E-state index in [1.54, 1.807) is 24.3 Å². The molecule has 140 valence electrons. The van der Waals surface area contributed by atoms with Gasteiger partial charge in [0.15, 0.2) is 11.4 Å². The van der Waals surface area contributed by atoms with E-state index in [-0.39, 0.29) is 23.8 Å². The lowest BCUT2D eigenvalue weighted by atomic mass is 10.2. The summed E-state index contributed by atoms with van der Waals surface area (Å²) < 4.78 is 0. The first-order chi connectivity index (χ1) is 12.1. The summed E-state index contributed by atoms with van der Waals surface area (Å²) in [5.41, 5.74) is 0.510. The SMILES string of the molecule is CCCNCCNC(=O)c1nccnc1C(=O)Nc1ccc(Cl)cc1.Cl. The third-order valence-electron chi connectivity index (χ3n) is 3.24. The van der Waals surface area contributed by atoms with Crippen molar-refractivity contribution in [3.05, 3.63) is 53.1 Å². The topological polar surface area (TPSA) is 96.0 Å². The Kier molecular flexibility index (Phi) is 9.57. The molecule has 1 aromatic carbocycles. The first kappa shape index (κ1) is 21.8. The monoisotopic (exact) mass is 397 g/mol. The lowest BCUT2D eigenvalue weighted by Gasteiger charge is -2.09. The zero-order valence-corrected chi connectivity index (χ0v) is 15.9. The van der Waals surface area contributed by atoms with Gasteiger partial charge in [-0.3, -0.25) is 9.59 Å². The lowest BCUT2D eigenvalue weighted by Crippen LogP contribution is -2.34. The summed E-state index contributed by atoms with van der Waals surface area (Å²) in [7, 11) is 0. The molecule has 9 heteroatoms. The molecule has 2 rings (SSSR count). The van der Waals surface area contributed by atoms with Crippen molar-refractivity contribution in [2.45, 2.75) is 13.3 Å². The van der Waals surface area contributed by atoms with E-state index in [1.165, 1.54) is 12.4 Å². The number of nitrogens with one attached hydrogen (secondary N) is 3. The highest BCUT2D eigenvalue weighted by Crippen LogP contribution is 2.14. The summed E-state index contributed by atoms with van der Waals surface area (Å²) >= 11 is 5.82. The highest BCUT2D eigenvalue weighted by molar-refractivity contribution is 6.30. The first-order valence-corrected chi connectivity index (χ1v) is 8.36. The standard InChI is InChI=1S/C17H20ClN5O2.ClH/c1-2-7-19-8-9-22-16(24)14-15(21-11-10-20-14)17(25)23-13-5-3-12(18)4-6-13;/h3-6,10-11,19H,2,7-9H2,1H3,(H,22,24)(H,23,25);1H. The zero-order chi connectivity index (χ0) is 18.1. The molecule has 0 unspecified atom stereocenters. The maximum Gasteiger partial charge on any atom is 0.276 e. The molecule has 0 spiro atoms. The smallest absolute Gasteiger partial charge is 0.276 e. The highest BCUT2D eigenvalue weighted by Gasteiger charge is 2.19. The van der Waals surface area contributed by atoms with E-state index >= 15 is 0 Å². The molecule has 2 amide bonds. The summed E-state index contributed by atoms with van der Waals surface area (Å²) in [6.45, 7) is 4.03. The van der Waals surface area contributed by atoms with E-state index in [1.807, 2.05) is 0 Å². The Hall–Kier alpha value is -2.22. The number of aromatic nitrogens is 2. The average Bonchev–Trinajstić information content (AvgIpc) is 2.63. The number of nitrogens with zero attached hydrogens (tertiary/aromatic N) is 2. The first-order valence-electron chi connectivity index (χ1n) is 7.98. The second-order valence-electron chi connectivity index (χ2n) is 5.22. The van der Waals surface area contributed by atoms with Gasteiger partial charge in [0.1, 0.15) is 0 Å². The van der Waals surface area contributed by atoms with Crippen LogP contribution in [0.2, 0.25) is 5.02 Å². The minimum atomic E-state index is -0.510. The quantitative estimate of drug-likeness (QED) is 0.594. The van der Waals surface area contributed by atoms with Gasteiger partial charge in [0.25, 0.3) is 11.8 Å². The highest BCUT2D eigenvalue weighted by atomic mass is 35.5. The van der Waals surface area contributed by atoms with Crippen LogP contribution in [0.15, 0.2) is 36.7 Å². The van der Waals surface area contributed by atoms with Crippen LogP contribution >= 0.6 is 24.0 Å². The van der Waals surface area contributed by atoms with Gasteiger partial charge in [-0.2, -0.15) is 0 Å². The van der Waals surface area contributed by atoms with Crippen LogP contribution in [0.1, 0.15) is 34.3 Å². The van der Waals surface area contributed by atoms with Crippen LogP contribution in [-0.4, -0.2) is 41.4 Å². The molecule has 0 fully saturated rings. The Balaban J connectivity index is 0.00000338. The molecular weight excluding hydrogens is 377 g/mol. The Morgan fingerprint density at radius 2 is 1.58 bits per heavy atom. The molecule has 1 heterocycles. The predicted octanol–water partition coefficient (Wildman–Crippen LogP) is 2.53. The summed E-state index contributed by atoms with van der Waals surface area (Å²) in [4.78, 5) is 32.6. The number of benzene rings is 1. The number of halogens is 2. The zero-order valence-electron chi connectivity index (χ0n) is 14.3. The average molecular weight is 398 g/mol. The van der Waals surface area contributed by atoms with Crippen LogP contribution < -0.4 is 16.0 Å². The van der Waals surface area contributed by atoms with E-state index in [2.05, 4.69) is 32.8 Å². The number of amides is 2. The number of hydrogen-bond donors (Lipinski definition) is 3. The van der Waals surface area contributed by atoms with Gasteiger partial charge >= 0.3 is 0 Å². The Labute approximate surface area is 163 Å². The molecular formula is C17H21Cl2N5O2. The summed E-state index contributed by atoms with van der Waals surface area (Å²) in [6, 6.07) is 6.64. The molecule has 0 atom stereocenters. The number of anilines is 1. The normalized spacial score (nSPS) is 9.92. The third-order valence-corrected chi connectivity index (χ3v) is 3.50. The molecule has 0 saturated carbocycles. The van der Waals surface area contributed by atoms with Crippen LogP contribution in [0.5, 0.6) is 0 Å². The number of hydrogen-bond acceptors (Lipinski definition) is 5. The van der Waals surface area contributed by atoms with Crippen LogP contribution in [0.25, 0.3) is 0 Å². The van der Waals surface area contributed by atoms with Gasteiger partial charge in [0.05, 0.1) is 0 Å². The largest absolute Gasteiger partial charge is 0.349 e. The van der Waals surface area contributed by atoms with Crippen LogP contribution in [0, 0.1) is 0 Å². The van der Waals surface area contributed by atoms with E-state index in [4.69, 9.17) is 11.6 Å².